The third kappa shape index (κ3) is 4.65. The third-order valence-electron chi connectivity index (χ3n) is 2.80. The van der Waals surface area contributed by atoms with Crippen LogP contribution in [0, 0.1) is 0 Å². The predicted octanol–water partition coefficient (Wildman–Crippen LogP) is 0.899. The van der Waals surface area contributed by atoms with Crippen molar-refractivity contribution in [1.82, 2.24) is 4.90 Å². The molecule has 106 valence electrons. The maximum atomic E-state index is 12.1. The lowest BCUT2D eigenvalue weighted by Crippen LogP contribution is -2.31. The lowest BCUT2D eigenvalue weighted by atomic mass is 10.2. The standard InChI is InChI=1S/C13H20N2O3S/c1-10(14)8-9-15(2)13(16)11-4-6-12(7-5-11)19(3,17)18/h4-7,10H,8-9,14H2,1-3H3. The summed E-state index contributed by atoms with van der Waals surface area (Å²) in [6.45, 7) is 2.46. The van der Waals surface area contributed by atoms with E-state index in [4.69, 9.17) is 5.73 Å². The second-order valence-corrected chi connectivity index (χ2v) is 6.80. The van der Waals surface area contributed by atoms with Crippen molar-refractivity contribution in [3.8, 4) is 0 Å². The molecule has 0 spiro atoms. The molecule has 0 radical (unpaired) electrons. The van der Waals surface area contributed by atoms with Crippen LogP contribution < -0.4 is 5.73 Å². The molecular weight excluding hydrogens is 264 g/mol. The molecule has 19 heavy (non-hydrogen) atoms. The predicted molar refractivity (Wildman–Crippen MR) is 74.8 cm³/mol. The van der Waals surface area contributed by atoms with Gasteiger partial charge in [-0.05, 0) is 37.6 Å². The molecule has 0 bridgehead atoms. The summed E-state index contributed by atoms with van der Waals surface area (Å²) in [5.74, 6) is -0.138. The van der Waals surface area contributed by atoms with E-state index in [-0.39, 0.29) is 16.8 Å². The Bertz CT molecular complexity index is 536. The van der Waals surface area contributed by atoms with E-state index >= 15 is 0 Å². The number of carbonyl (C=O) groups excluding carboxylic acids is 1. The second kappa shape index (κ2) is 6.16. The van der Waals surface area contributed by atoms with Gasteiger partial charge in [-0.15, -0.1) is 0 Å². The zero-order valence-electron chi connectivity index (χ0n) is 11.5. The van der Waals surface area contributed by atoms with Crippen molar-refractivity contribution in [2.24, 2.45) is 5.73 Å². The van der Waals surface area contributed by atoms with Gasteiger partial charge in [0.1, 0.15) is 0 Å². The summed E-state index contributed by atoms with van der Waals surface area (Å²) in [6, 6.07) is 5.99. The van der Waals surface area contributed by atoms with Gasteiger partial charge in [0.2, 0.25) is 0 Å². The van der Waals surface area contributed by atoms with Gasteiger partial charge < -0.3 is 10.6 Å². The SMILES string of the molecule is CC(N)CCN(C)C(=O)c1ccc(S(C)(=O)=O)cc1. The highest BCUT2D eigenvalue weighted by atomic mass is 32.2. The molecular formula is C13H20N2O3S. The molecule has 1 aromatic carbocycles. The van der Waals surface area contributed by atoms with Crippen LogP contribution in [0.3, 0.4) is 0 Å². The Labute approximate surface area is 114 Å². The Morgan fingerprint density at radius 1 is 1.32 bits per heavy atom. The van der Waals surface area contributed by atoms with Gasteiger partial charge in [0, 0.05) is 31.5 Å². The molecule has 0 heterocycles. The summed E-state index contributed by atoms with van der Waals surface area (Å²) >= 11 is 0. The Morgan fingerprint density at radius 3 is 2.26 bits per heavy atom. The molecule has 1 atom stereocenters. The van der Waals surface area contributed by atoms with Crippen LogP contribution in [-0.4, -0.2) is 45.1 Å². The van der Waals surface area contributed by atoms with Gasteiger partial charge in [-0.1, -0.05) is 0 Å². The summed E-state index contributed by atoms with van der Waals surface area (Å²) in [4.78, 5) is 13.8. The lowest BCUT2D eigenvalue weighted by Gasteiger charge is -2.18. The fraction of sp³-hybridized carbons (Fsp3) is 0.462. The molecule has 0 aliphatic carbocycles. The molecule has 1 unspecified atom stereocenters. The van der Waals surface area contributed by atoms with E-state index in [9.17, 15) is 13.2 Å². The molecule has 0 aliphatic rings. The Morgan fingerprint density at radius 2 is 1.84 bits per heavy atom. The number of nitrogens with two attached hydrogens (primary N) is 1. The summed E-state index contributed by atoms with van der Waals surface area (Å²) < 4.78 is 22.6. The molecule has 5 nitrogen and oxygen atoms in total. The van der Waals surface area contributed by atoms with Crippen LogP contribution in [0.15, 0.2) is 29.2 Å². The minimum Gasteiger partial charge on any atom is -0.342 e. The van der Waals surface area contributed by atoms with Gasteiger partial charge in [0.05, 0.1) is 4.90 Å². The van der Waals surface area contributed by atoms with Crippen LogP contribution in [-0.2, 0) is 9.84 Å². The highest BCUT2D eigenvalue weighted by molar-refractivity contribution is 7.90. The summed E-state index contributed by atoms with van der Waals surface area (Å²) in [7, 11) is -1.52. The molecule has 1 amide bonds. The van der Waals surface area contributed by atoms with E-state index < -0.39 is 9.84 Å². The van der Waals surface area contributed by atoms with Crippen molar-refractivity contribution in [2.75, 3.05) is 19.8 Å². The third-order valence-corrected chi connectivity index (χ3v) is 3.92. The average molecular weight is 284 g/mol. The van der Waals surface area contributed by atoms with Crippen LogP contribution in [0.1, 0.15) is 23.7 Å². The number of rotatable bonds is 5. The van der Waals surface area contributed by atoms with Crippen molar-refractivity contribution in [2.45, 2.75) is 24.3 Å². The number of nitrogens with zero attached hydrogens (tertiary/aromatic N) is 1. The fourth-order valence-electron chi connectivity index (χ4n) is 1.56. The van der Waals surface area contributed by atoms with E-state index in [0.717, 1.165) is 12.7 Å². The van der Waals surface area contributed by atoms with E-state index in [0.29, 0.717) is 12.1 Å². The van der Waals surface area contributed by atoms with Gasteiger partial charge in [-0.25, -0.2) is 8.42 Å². The molecule has 0 aliphatic heterocycles. The molecule has 2 N–H and O–H groups in total. The first-order valence-corrected chi connectivity index (χ1v) is 7.92. The Hall–Kier alpha value is -1.40. The van der Waals surface area contributed by atoms with Crippen LogP contribution in [0.25, 0.3) is 0 Å². The van der Waals surface area contributed by atoms with Crippen LogP contribution >= 0.6 is 0 Å². The first kappa shape index (κ1) is 15.7. The van der Waals surface area contributed by atoms with E-state index in [1.807, 2.05) is 6.92 Å². The van der Waals surface area contributed by atoms with E-state index in [1.165, 1.54) is 24.3 Å². The van der Waals surface area contributed by atoms with Crippen LogP contribution in [0.2, 0.25) is 0 Å². The maximum absolute atomic E-state index is 12.1. The van der Waals surface area contributed by atoms with Gasteiger partial charge in [0.25, 0.3) is 5.91 Å². The first-order chi connectivity index (χ1) is 8.71. The molecule has 0 aromatic heterocycles. The van der Waals surface area contributed by atoms with Crippen molar-refractivity contribution in [1.29, 1.82) is 0 Å². The smallest absolute Gasteiger partial charge is 0.253 e. The van der Waals surface area contributed by atoms with Gasteiger partial charge in [-0.3, -0.25) is 4.79 Å². The number of carbonyl (C=O) groups is 1. The number of benzene rings is 1. The maximum Gasteiger partial charge on any atom is 0.253 e. The summed E-state index contributed by atoms with van der Waals surface area (Å²) in [5.41, 5.74) is 6.11. The first-order valence-electron chi connectivity index (χ1n) is 6.03. The summed E-state index contributed by atoms with van der Waals surface area (Å²) in [6.07, 6.45) is 1.86. The molecule has 0 saturated carbocycles. The monoisotopic (exact) mass is 284 g/mol. The van der Waals surface area contributed by atoms with Crippen molar-refractivity contribution < 1.29 is 13.2 Å². The molecule has 1 rings (SSSR count). The minimum absolute atomic E-state index is 0.0443. The zero-order chi connectivity index (χ0) is 14.6. The van der Waals surface area contributed by atoms with Crippen molar-refractivity contribution in [3.63, 3.8) is 0 Å². The van der Waals surface area contributed by atoms with Gasteiger partial charge in [0.15, 0.2) is 9.84 Å². The van der Waals surface area contributed by atoms with Crippen molar-refractivity contribution >= 4 is 15.7 Å². The number of sulfone groups is 1. The lowest BCUT2D eigenvalue weighted by molar-refractivity contribution is 0.0791. The van der Waals surface area contributed by atoms with Crippen molar-refractivity contribution in [3.05, 3.63) is 29.8 Å². The topological polar surface area (TPSA) is 80.5 Å². The quantitative estimate of drug-likeness (QED) is 0.871. The largest absolute Gasteiger partial charge is 0.342 e. The number of hydrogen-bond acceptors (Lipinski definition) is 4. The average Bonchev–Trinajstić information content (AvgIpc) is 2.34. The zero-order valence-corrected chi connectivity index (χ0v) is 12.3. The molecule has 0 fully saturated rings. The Balaban J connectivity index is 2.78. The molecule has 6 heteroatoms. The second-order valence-electron chi connectivity index (χ2n) is 4.79. The highest BCUT2D eigenvalue weighted by Gasteiger charge is 2.13. The molecule has 1 aromatic rings. The molecule has 0 saturated heterocycles. The fourth-order valence-corrected chi connectivity index (χ4v) is 2.19. The van der Waals surface area contributed by atoms with Gasteiger partial charge in [-0.2, -0.15) is 0 Å². The van der Waals surface area contributed by atoms with E-state index in [1.54, 1.807) is 11.9 Å². The van der Waals surface area contributed by atoms with Gasteiger partial charge >= 0.3 is 0 Å². The number of hydrogen-bond donors (Lipinski definition) is 1. The van der Waals surface area contributed by atoms with E-state index in [2.05, 4.69) is 0 Å². The minimum atomic E-state index is -3.23. The summed E-state index contributed by atoms with van der Waals surface area (Å²) in [5, 5.41) is 0. The Kier molecular flexibility index (Phi) is 5.08. The normalized spacial score (nSPS) is 13.1. The highest BCUT2D eigenvalue weighted by Crippen LogP contribution is 2.12. The van der Waals surface area contributed by atoms with Crippen LogP contribution in [0.5, 0.6) is 0 Å². The number of amides is 1. The van der Waals surface area contributed by atoms with Crippen LogP contribution in [0.4, 0.5) is 0 Å².